The van der Waals surface area contributed by atoms with Crippen molar-refractivity contribution >= 4 is 23.6 Å². The van der Waals surface area contributed by atoms with Gasteiger partial charge in [-0.15, -0.1) is 0 Å². The number of ether oxygens (including phenoxy) is 1. The number of halogens is 1. The highest BCUT2D eigenvalue weighted by molar-refractivity contribution is 6.30. The molecule has 0 aromatic heterocycles. The van der Waals surface area contributed by atoms with E-state index in [0.29, 0.717) is 10.6 Å². The van der Waals surface area contributed by atoms with Crippen LogP contribution in [-0.4, -0.2) is 17.5 Å². The maximum absolute atomic E-state index is 11.3. The second kappa shape index (κ2) is 6.00. The van der Waals surface area contributed by atoms with Crippen LogP contribution in [0, 0.1) is 10.1 Å². The zero-order chi connectivity index (χ0) is 12.8. The van der Waals surface area contributed by atoms with Crippen LogP contribution in [0.25, 0.3) is 6.08 Å². The van der Waals surface area contributed by atoms with Gasteiger partial charge in [0, 0.05) is 11.1 Å². The SMILES string of the molecule is CCOC(=O)C(=Cc1cccc(Cl)c1)[N+](=O)[O-]. The number of nitrogens with zero attached hydrogens (tertiary/aromatic N) is 1. The molecule has 1 aromatic rings. The van der Waals surface area contributed by atoms with Crippen molar-refractivity contribution in [2.45, 2.75) is 6.92 Å². The Hall–Kier alpha value is -1.88. The van der Waals surface area contributed by atoms with Crippen LogP contribution in [0.15, 0.2) is 30.0 Å². The second-order valence-electron chi connectivity index (χ2n) is 3.06. The molecular weight excluding hydrogens is 246 g/mol. The topological polar surface area (TPSA) is 69.4 Å². The molecule has 6 heteroatoms. The number of carbonyl (C=O) groups excluding carboxylic acids is 1. The van der Waals surface area contributed by atoms with Gasteiger partial charge < -0.3 is 4.74 Å². The lowest BCUT2D eigenvalue weighted by atomic mass is 10.2. The van der Waals surface area contributed by atoms with E-state index in [2.05, 4.69) is 4.74 Å². The molecule has 0 fully saturated rings. The number of esters is 1. The summed E-state index contributed by atoms with van der Waals surface area (Å²) in [5.74, 6) is -0.961. The number of hydrogen-bond donors (Lipinski definition) is 0. The van der Waals surface area contributed by atoms with Gasteiger partial charge >= 0.3 is 11.7 Å². The van der Waals surface area contributed by atoms with Crippen molar-refractivity contribution in [2.75, 3.05) is 6.61 Å². The Morgan fingerprint density at radius 2 is 2.29 bits per heavy atom. The molecule has 0 spiro atoms. The molecule has 0 aliphatic carbocycles. The minimum absolute atomic E-state index is 0.0829. The Morgan fingerprint density at radius 1 is 1.59 bits per heavy atom. The minimum atomic E-state index is -0.961. The summed E-state index contributed by atoms with van der Waals surface area (Å²) in [6.07, 6.45) is 1.13. The average molecular weight is 256 g/mol. The van der Waals surface area contributed by atoms with Crippen molar-refractivity contribution < 1.29 is 14.5 Å². The summed E-state index contributed by atoms with van der Waals surface area (Å²) in [5, 5.41) is 11.1. The van der Waals surface area contributed by atoms with Crippen molar-refractivity contribution in [1.29, 1.82) is 0 Å². The maximum Gasteiger partial charge on any atom is 0.409 e. The van der Waals surface area contributed by atoms with Crippen LogP contribution in [0.1, 0.15) is 12.5 Å². The summed E-state index contributed by atoms with van der Waals surface area (Å²) in [6, 6.07) is 6.39. The van der Waals surface area contributed by atoms with Crippen LogP contribution < -0.4 is 0 Å². The zero-order valence-electron chi connectivity index (χ0n) is 9.05. The van der Waals surface area contributed by atoms with Gasteiger partial charge in [-0.25, -0.2) is 4.79 Å². The monoisotopic (exact) mass is 255 g/mol. The molecule has 0 aliphatic heterocycles. The van der Waals surface area contributed by atoms with Crippen LogP contribution >= 0.6 is 11.6 Å². The fourth-order valence-corrected chi connectivity index (χ4v) is 1.34. The van der Waals surface area contributed by atoms with E-state index in [1.165, 1.54) is 6.07 Å². The fourth-order valence-electron chi connectivity index (χ4n) is 1.15. The Bertz CT molecular complexity index is 470. The highest BCUT2D eigenvalue weighted by Gasteiger charge is 2.23. The molecule has 0 saturated carbocycles. The lowest BCUT2D eigenvalue weighted by Gasteiger charge is -1.99. The molecule has 5 nitrogen and oxygen atoms in total. The van der Waals surface area contributed by atoms with Gasteiger partial charge in [0.05, 0.1) is 11.5 Å². The lowest BCUT2D eigenvalue weighted by Crippen LogP contribution is -2.14. The Balaban J connectivity index is 3.06. The van der Waals surface area contributed by atoms with E-state index in [4.69, 9.17) is 11.6 Å². The number of rotatable bonds is 4. The Kier molecular flexibility index (Phi) is 4.66. The van der Waals surface area contributed by atoms with Gasteiger partial charge in [-0.05, 0) is 24.6 Å². The van der Waals surface area contributed by atoms with Crippen LogP contribution in [-0.2, 0) is 9.53 Å². The first kappa shape index (κ1) is 13.2. The molecular formula is C11H10ClNO4. The summed E-state index contributed by atoms with van der Waals surface area (Å²) in [5.41, 5.74) is -0.147. The summed E-state index contributed by atoms with van der Waals surface area (Å²) < 4.78 is 4.59. The predicted octanol–water partition coefficient (Wildman–Crippen LogP) is 2.52. The largest absolute Gasteiger partial charge is 0.458 e. The molecule has 0 bridgehead atoms. The van der Waals surface area contributed by atoms with E-state index < -0.39 is 16.6 Å². The Labute approximate surface area is 103 Å². The van der Waals surface area contributed by atoms with Gasteiger partial charge in [-0.3, -0.25) is 10.1 Å². The van der Waals surface area contributed by atoms with Gasteiger partial charge in [-0.2, -0.15) is 0 Å². The number of benzene rings is 1. The van der Waals surface area contributed by atoms with Gasteiger partial charge in [0.15, 0.2) is 0 Å². The molecule has 90 valence electrons. The van der Waals surface area contributed by atoms with Gasteiger partial charge in [-0.1, -0.05) is 23.7 Å². The quantitative estimate of drug-likeness (QED) is 0.359. The first-order valence-electron chi connectivity index (χ1n) is 4.83. The van der Waals surface area contributed by atoms with Crippen molar-refractivity contribution in [3.63, 3.8) is 0 Å². The smallest absolute Gasteiger partial charge is 0.409 e. The van der Waals surface area contributed by atoms with Crippen LogP contribution in [0.2, 0.25) is 5.02 Å². The molecule has 0 unspecified atom stereocenters. The summed E-state index contributed by atoms with van der Waals surface area (Å²) in [4.78, 5) is 21.2. The van der Waals surface area contributed by atoms with E-state index in [9.17, 15) is 14.9 Å². The van der Waals surface area contributed by atoms with E-state index in [1.807, 2.05) is 0 Å². The van der Waals surface area contributed by atoms with E-state index in [0.717, 1.165) is 6.08 Å². The molecule has 0 N–H and O–H groups in total. The van der Waals surface area contributed by atoms with Crippen molar-refractivity contribution in [3.8, 4) is 0 Å². The van der Waals surface area contributed by atoms with Crippen LogP contribution in [0.5, 0.6) is 0 Å². The molecule has 1 rings (SSSR count). The van der Waals surface area contributed by atoms with Crippen molar-refractivity contribution in [2.24, 2.45) is 0 Å². The maximum atomic E-state index is 11.3. The molecule has 0 heterocycles. The number of nitro groups is 1. The second-order valence-corrected chi connectivity index (χ2v) is 3.50. The standard InChI is InChI=1S/C11H10ClNO4/c1-2-17-11(14)10(13(15)16)7-8-4-3-5-9(12)6-8/h3-7H,2H2,1H3. The lowest BCUT2D eigenvalue weighted by molar-refractivity contribution is -0.419. The number of carbonyl (C=O) groups is 1. The third-order valence-electron chi connectivity index (χ3n) is 1.83. The summed E-state index contributed by atoms with van der Waals surface area (Å²) >= 11 is 5.73. The normalized spacial score (nSPS) is 11.1. The zero-order valence-corrected chi connectivity index (χ0v) is 9.81. The van der Waals surface area contributed by atoms with E-state index in [-0.39, 0.29) is 6.61 Å². The molecule has 0 aliphatic rings. The van der Waals surface area contributed by atoms with Crippen LogP contribution in [0.3, 0.4) is 0 Å². The third kappa shape index (κ3) is 3.88. The predicted molar refractivity (Wildman–Crippen MR) is 63.1 cm³/mol. The van der Waals surface area contributed by atoms with Gasteiger partial charge in [0.25, 0.3) is 0 Å². The molecule has 0 saturated heterocycles. The first-order chi connectivity index (χ1) is 8.04. The van der Waals surface area contributed by atoms with E-state index >= 15 is 0 Å². The van der Waals surface area contributed by atoms with E-state index in [1.54, 1.807) is 25.1 Å². The average Bonchev–Trinajstić information content (AvgIpc) is 2.26. The molecule has 0 amide bonds. The van der Waals surface area contributed by atoms with Crippen LogP contribution in [0.4, 0.5) is 0 Å². The van der Waals surface area contributed by atoms with Gasteiger partial charge in [0.1, 0.15) is 0 Å². The fraction of sp³-hybridized carbons (Fsp3) is 0.182. The summed E-state index contributed by atoms with van der Waals surface area (Å²) in [7, 11) is 0. The molecule has 17 heavy (non-hydrogen) atoms. The van der Waals surface area contributed by atoms with Crippen molar-refractivity contribution in [3.05, 3.63) is 50.7 Å². The highest BCUT2D eigenvalue weighted by atomic mass is 35.5. The third-order valence-corrected chi connectivity index (χ3v) is 2.07. The highest BCUT2D eigenvalue weighted by Crippen LogP contribution is 2.14. The molecule has 1 aromatic carbocycles. The Morgan fingerprint density at radius 3 is 2.82 bits per heavy atom. The molecule has 0 atom stereocenters. The number of hydrogen-bond acceptors (Lipinski definition) is 4. The minimum Gasteiger partial charge on any atom is -0.458 e. The van der Waals surface area contributed by atoms with Gasteiger partial charge in [0.2, 0.25) is 0 Å². The first-order valence-corrected chi connectivity index (χ1v) is 5.21. The van der Waals surface area contributed by atoms with Crippen molar-refractivity contribution in [1.82, 2.24) is 0 Å². The summed E-state index contributed by atoms with van der Waals surface area (Å²) in [6.45, 7) is 1.66. The molecule has 0 radical (unpaired) electrons.